The highest BCUT2D eigenvalue weighted by atomic mass is 79.9. The van der Waals surface area contributed by atoms with Crippen molar-refractivity contribution >= 4 is 28.1 Å². The number of imide groups is 1. The number of nitrogens with one attached hydrogen (secondary N) is 1. The molecule has 1 aromatic carbocycles. The fraction of sp³-hybridized carbons (Fsp3) is 0.267. The highest BCUT2D eigenvalue weighted by molar-refractivity contribution is 9.10. The van der Waals surface area contributed by atoms with Gasteiger partial charge in [-0.3, -0.25) is 0 Å². The third-order valence-electron chi connectivity index (χ3n) is 3.20. The maximum absolute atomic E-state index is 12.2. The van der Waals surface area contributed by atoms with Gasteiger partial charge in [0.05, 0.1) is 18.2 Å². The number of ether oxygens (including phenoxy) is 1. The Bertz CT molecular complexity index is 694. The zero-order valence-electron chi connectivity index (χ0n) is 12.1. The number of allylic oxidation sites excluding steroid dienone is 1. The molecule has 1 unspecified atom stereocenters. The van der Waals surface area contributed by atoms with Crippen LogP contribution in [-0.4, -0.2) is 23.6 Å². The van der Waals surface area contributed by atoms with Crippen LogP contribution in [0, 0.1) is 11.3 Å². The van der Waals surface area contributed by atoms with E-state index in [0.717, 1.165) is 9.37 Å². The number of nitrogens with zero attached hydrogens (tertiary/aromatic N) is 2. The number of hydrogen-bond donors (Lipinski definition) is 1. The van der Waals surface area contributed by atoms with E-state index in [1.165, 1.54) is 0 Å². The van der Waals surface area contributed by atoms with E-state index in [2.05, 4.69) is 27.3 Å². The van der Waals surface area contributed by atoms with E-state index in [-0.39, 0.29) is 6.61 Å². The molecule has 1 atom stereocenters. The molecule has 0 aromatic heterocycles. The molecule has 0 saturated carbocycles. The summed E-state index contributed by atoms with van der Waals surface area (Å²) in [7, 11) is 0. The van der Waals surface area contributed by atoms with Gasteiger partial charge in [-0.05, 0) is 31.5 Å². The molecule has 0 radical (unpaired) electrons. The summed E-state index contributed by atoms with van der Waals surface area (Å²) in [6, 6.07) is 7.77. The summed E-state index contributed by atoms with van der Waals surface area (Å²) in [6.07, 6.45) is -0.787. The van der Waals surface area contributed by atoms with Gasteiger partial charge in [0.25, 0.3) is 0 Å². The highest BCUT2D eigenvalue weighted by Gasteiger charge is 2.39. The third-order valence-corrected chi connectivity index (χ3v) is 3.69. The number of carbonyl (C=O) groups excluding carboxylic acids is 2. The SMILES string of the molecule is CCOC(=O)N1C(=O)NC(C)=C(C#N)C1c1cccc(Br)c1. The Balaban J connectivity index is 2.58. The van der Waals surface area contributed by atoms with Crippen molar-refractivity contribution in [1.82, 2.24) is 10.2 Å². The number of rotatable bonds is 2. The Morgan fingerprint density at radius 2 is 2.27 bits per heavy atom. The normalized spacial score (nSPS) is 17.8. The van der Waals surface area contributed by atoms with E-state index in [1.54, 1.807) is 32.0 Å². The number of amides is 3. The molecule has 6 nitrogen and oxygen atoms in total. The van der Waals surface area contributed by atoms with E-state index in [1.807, 2.05) is 6.07 Å². The smallest absolute Gasteiger partial charge is 0.418 e. The van der Waals surface area contributed by atoms with Crippen molar-refractivity contribution in [2.75, 3.05) is 6.61 Å². The van der Waals surface area contributed by atoms with Crippen molar-refractivity contribution in [3.8, 4) is 6.07 Å². The second kappa shape index (κ2) is 6.62. The molecule has 1 N–H and O–H groups in total. The van der Waals surface area contributed by atoms with Crippen LogP contribution >= 0.6 is 15.9 Å². The molecule has 2 rings (SSSR count). The van der Waals surface area contributed by atoms with Gasteiger partial charge < -0.3 is 10.1 Å². The maximum Gasteiger partial charge on any atom is 0.418 e. The number of benzene rings is 1. The standard InChI is InChI=1S/C15H14BrN3O3/c1-3-22-15(21)19-13(10-5-4-6-11(16)7-10)12(8-17)9(2)18-14(19)20/h4-7,13H,3H2,1-2H3,(H,18,20). The molecule has 1 aromatic rings. The Hall–Kier alpha value is -2.33. The van der Waals surface area contributed by atoms with Crippen molar-refractivity contribution in [2.24, 2.45) is 0 Å². The molecule has 1 aliphatic heterocycles. The maximum atomic E-state index is 12.2. The van der Waals surface area contributed by atoms with Crippen LogP contribution in [0.4, 0.5) is 9.59 Å². The van der Waals surface area contributed by atoms with Crippen molar-refractivity contribution in [3.05, 3.63) is 45.6 Å². The van der Waals surface area contributed by atoms with Crippen LogP contribution < -0.4 is 5.32 Å². The quantitative estimate of drug-likeness (QED) is 0.871. The topological polar surface area (TPSA) is 82.4 Å². The van der Waals surface area contributed by atoms with Gasteiger partial charge in [-0.25, -0.2) is 14.5 Å². The van der Waals surface area contributed by atoms with E-state index >= 15 is 0 Å². The monoisotopic (exact) mass is 363 g/mol. The van der Waals surface area contributed by atoms with Crippen LogP contribution in [0.1, 0.15) is 25.5 Å². The van der Waals surface area contributed by atoms with Gasteiger partial charge in [0, 0.05) is 10.2 Å². The second-order valence-electron chi connectivity index (χ2n) is 4.61. The molecule has 1 heterocycles. The van der Waals surface area contributed by atoms with Crippen molar-refractivity contribution < 1.29 is 14.3 Å². The van der Waals surface area contributed by atoms with Gasteiger partial charge in [0.2, 0.25) is 0 Å². The Kier molecular flexibility index (Phi) is 4.83. The van der Waals surface area contributed by atoms with Crippen molar-refractivity contribution in [1.29, 1.82) is 5.26 Å². The molecule has 7 heteroatoms. The first-order valence-electron chi connectivity index (χ1n) is 6.62. The summed E-state index contributed by atoms with van der Waals surface area (Å²) in [4.78, 5) is 25.3. The summed E-state index contributed by atoms with van der Waals surface area (Å²) < 4.78 is 5.73. The van der Waals surface area contributed by atoms with E-state index in [4.69, 9.17) is 4.74 Å². The first kappa shape index (κ1) is 16.0. The summed E-state index contributed by atoms with van der Waals surface area (Å²) >= 11 is 3.35. The van der Waals surface area contributed by atoms with Gasteiger partial charge in [-0.15, -0.1) is 0 Å². The lowest BCUT2D eigenvalue weighted by Crippen LogP contribution is -2.50. The minimum atomic E-state index is -0.810. The number of hydrogen-bond acceptors (Lipinski definition) is 4. The van der Waals surface area contributed by atoms with Crippen LogP contribution in [0.3, 0.4) is 0 Å². The van der Waals surface area contributed by atoms with Crippen LogP contribution in [0.2, 0.25) is 0 Å². The highest BCUT2D eigenvalue weighted by Crippen LogP contribution is 2.34. The molecule has 114 valence electrons. The van der Waals surface area contributed by atoms with E-state index in [9.17, 15) is 14.9 Å². The summed E-state index contributed by atoms with van der Waals surface area (Å²) in [5.41, 5.74) is 1.37. The predicted molar refractivity (Wildman–Crippen MR) is 82.6 cm³/mol. The molecule has 1 aliphatic rings. The molecule has 3 amide bonds. The first-order chi connectivity index (χ1) is 10.5. The molecule has 0 bridgehead atoms. The van der Waals surface area contributed by atoms with Crippen LogP contribution in [0.25, 0.3) is 0 Å². The minimum Gasteiger partial charge on any atom is -0.449 e. The van der Waals surface area contributed by atoms with E-state index in [0.29, 0.717) is 16.8 Å². The summed E-state index contributed by atoms with van der Waals surface area (Å²) in [5.74, 6) is 0. The van der Waals surface area contributed by atoms with Gasteiger partial charge in [0.15, 0.2) is 0 Å². The molecular weight excluding hydrogens is 350 g/mol. The molecule has 0 fully saturated rings. The number of halogens is 1. The first-order valence-corrected chi connectivity index (χ1v) is 7.42. The van der Waals surface area contributed by atoms with E-state index < -0.39 is 18.2 Å². The Morgan fingerprint density at radius 1 is 1.55 bits per heavy atom. The van der Waals surface area contributed by atoms with Crippen LogP contribution in [0.5, 0.6) is 0 Å². The predicted octanol–water partition coefficient (Wildman–Crippen LogP) is 3.47. The number of carbonyl (C=O) groups is 2. The van der Waals surface area contributed by atoms with Crippen molar-refractivity contribution in [3.63, 3.8) is 0 Å². The molecular formula is C15H14BrN3O3. The van der Waals surface area contributed by atoms with Crippen LogP contribution in [-0.2, 0) is 4.74 Å². The van der Waals surface area contributed by atoms with Gasteiger partial charge in [-0.2, -0.15) is 5.26 Å². The third kappa shape index (κ3) is 2.97. The average molecular weight is 364 g/mol. The molecule has 0 aliphatic carbocycles. The summed E-state index contributed by atoms with van der Waals surface area (Å²) in [5, 5.41) is 11.9. The molecule has 0 spiro atoms. The summed E-state index contributed by atoms with van der Waals surface area (Å²) in [6.45, 7) is 3.42. The van der Waals surface area contributed by atoms with Crippen molar-refractivity contribution in [2.45, 2.75) is 19.9 Å². The number of nitriles is 1. The average Bonchev–Trinajstić information content (AvgIpc) is 2.46. The fourth-order valence-corrected chi connectivity index (χ4v) is 2.68. The lowest BCUT2D eigenvalue weighted by molar-refractivity contribution is 0.104. The minimum absolute atomic E-state index is 0.137. The van der Waals surface area contributed by atoms with Gasteiger partial charge in [-0.1, -0.05) is 28.1 Å². The lowest BCUT2D eigenvalue weighted by atomic mass is 9.95. The zero-order chi connectivity index (χ0) is 16.3. The largest absolute Gasteiger partial charge is 0.449 e. The number of urea groups is 1. The molecule has 0 saturated heterocycles. The molecule has 22 heavy (non-hydrogen) atoms. The Morgan fingerprint density at radius 3 is 2.86 bits per heavy atom. The lowest BCUT2D eigenvalue weighted by Gasteiger charge is -2.34. The van der Waals surface area contributed by atoms with Gasteiger partial charge in [0.1, 0.15) is 6.04 Å². The van der Waals surface area contributed by atoms with Gasteiger partial charge >= 0.3 is 12.1 Å². The Labute approximate surface area is 136 Å². The second-order valence-corrected chi connectivity index (χ2v) is 5.52. The van der Waals surface area contributed by atoms with Crippen LogP contribution in [0.15, 0.2) is 40.0 Å². The fourth-order valence-electron chi connectivity index (χ4n) is 2.26. The zero-order valence-corrected chi connectivity index (χ0v) is 13.7.